The number of rotatable bonds is 7. The predicted molar refractivity (Wildman–Crippen MR) is 83.2 cm³/mol. The van der Waals surface area contributed by atoms with Crippen LogP contribution in [0.25, 0.3) is 0 Å². The first-order valence-corrected chi connectivity index (χ1v) is 7.81. The average Bonchev–Trinajstić information content (AvgIpc) is 2.91. The molecule has 1 amide bonds. The zero-order chi connectivity index (χ0) is 16.8. The molecule has 0 spiro atoms. The van der Waals surface area contributed by atoms with Crippen LogP contribution in [0.15, 0.2) is 6.07 Å². The largest absolute Gasteiger partial charge is 0.390 e. The van der Waals surface area contributed by atoms with E-state index in [4.69, 9.17) is 4.74 Å². The molecule has 1 atom stereocenters. The molecule has 9 nitrogen and oxygen atoms in total. The zero-order valence-electron chi connectivity index (χ0n) is 13.5. The zero-order valence-corrected chi connectivity index (χ0v) is 13.5. The lowest BCUT2D eigenvalue weighted by Gasteiger charge is -2.26. The number of morpholine rings is 1. The molecule has 9 heteroatoms. The highest BCUT2D eigenvalue weighted by Gasteiger charge is 2.26. The normalized spacial score (nSPS) is 17.0. The number of amides is 1. The molecule has 1 fully saturated rings. The van der Waals surface area contributed by atoms with E-state index in [0.29, 0.717) is 18.7 Å². The van der Waals surface area contributed by atoms with Crippen molar-refractivity contribution < 1.29 is 14.5 Å². The molecule has 23 heavy (non-hydrogen) atoms. The minimum Gasteiger partial charge on any atom is -0.379 e. The molecule has 0 saturated carbocycles. The molecule has 1 aliphatic rings. The Kier molecular flexibility index (Phi) is 6.05. The second-order valence-electron chi connectivity index (χ2n) is 5.51. The number of ether oxygens (including phenoxy) is 1. The Morgan fingerprint density at radius 2 is 2.22 bits per heavy atom. The molecule has 1 unspecified atom stereocenters. The van der Waals surface area contributed by atoms with Crippen LogP contribution in [0.3, 0.4) is 0 Å². The molecular formula is C14H23N5O4. The topological polar surface area (TPSA) is 103 Å². The van der Waals surface area contributed by atoms with Crippen molar-refractivity contribution in [3.8, 4) is 0 Å². The maximum absolute atomic E-state index is 12.4. The van der Waals surface area contributed by atoms with Crippen LogP contribution in [0.4, 0.5) is 5.82 Å². The Bertz CT molecular complexity index is 553. The van der Waals surface area contributed by atoms with E-state index in [1.165, 1.54) is 10.7 Å². The van der Waals surface area contributed by atoms with Gasteiger partial charge in [0.15, 0.2) is 6.04 Å². The number of hydrogen-bond donors (Lipinski definition) is 1. The summed E-state index contributed by atoms with van der Waals surface area (Å²) in [4.78, 5) is 24.9. The standard InChI is InChI=1S/C14H23N5O4/c1-3-12(18-11(2)10-13(16-18)19(21)22)14(20)15-4-5-17-6-8-23-9-7-17/h10,12H,3-9H2,1-2H3,(H,15,20). The van der Waals surface area contributed by atoms with Crippen molar-refractivity contribution in [2.75, 3.05) is 39.4 Å². The quantitative estimate of drug-likeness (QED) is 0.578. The van der Waals surface area contributed by atoms with Crippen LogP contribution in [0.5, 0.6) is 0 Å². The van der Waals surface area contributed by atoms with Crippen LogP contribution in [0.1, 0.15) is 25.1 Å². The summed E-state index contributed by atoms with van der Waals surface area (Å²) in [6.45, 7) is 8.07. The molecule has 1 aromatic heterocycles. The molecule has 1 N–H and O–H groups in total. The minimum atomic E-state index is -0.549. The SMILES string of the molecule is CCC(C(=O)NCCN1CCOCC1)n1nc([N+](=O)[O-])cc1C. The average molecular weight is 325 g/mol. The number of aromatic nitrogens is 2. The number of nitro groups is 1. The van der Waals surface area contributed by atoms with Crippen molar-refractivity contribution in [3.63, 3.8) is 0 Å². The van der Waals surface area contributed by atoms with Crippen LogP contribution in [-0.4, -0.2) is 64.9 Å². The summed E-state index contributed by atoms with van der Waals surface area (Å²) in [5, 5.41) is 17.6. The van der Waals surface area contributed by atoms with Gasteiger partial charge in [0, 0.05) is 26.2 Å². The lowest BCUT2D eigenvalue weighted by Crippen LogP contribution is -2.42. The van der Waals surface area contributed by atoms with Gasteiger partial charge in [-0.3, -0.25) is 9.69 Å². The molecule has 0 aliphatic carbocycles. The second kappa shape index (κ2) is 8.02. The van der Waals surface area contributed by atoms with Crippen LogP contribution in [0, 0.1) is 17.0 Å². The molecule has 0 radical (unpaired) electrons. The fraction of sp³-hybridized carbons (Fsp3) is 0.714. The van der Waals surface area contributed by atoms with E-state index in [1.807, 2.05) is 6.92 Å². The number of carbonyl (C=O) groups is 1. The Labute approximate surface area is 134 Å². The highest BCUT2D eigenvalue weighted by atomic mass is 16.6. The molecule has 0 bridgehead atoms. The van der Waals surface area contributed by atoms with Gasteiger partial charge in [0.1, 0.15) is 0 Å². The molecule has 128 valence electrons. The van der Waals surface area contributed by atoms with Crippen molar-refractivity contribution >= 4 is 11.7 Å². The molecule has 1 aliphatic heterocycles. The first kappa shape index (κ1) is 17.4. The van der Waals surface area contributed by atoms with E-state index in [1.54, 1.807) is 6.92 Å². The Morgan fingerprint density at radius 1 is 1.52 bits per heavy atom. The van der Waals surface area contributed by atoms with E-state index in [9.17, 15) is 14.9 Å². The monoisotopic (exact) mass is 325 g/mol. The van der Waals surface area contributed by atoms with Gasteiger partial charge in [0.2, 0.25) is 5.91 Å². The summed E-state index contributed by atoms with van der Waals surface area (Å²) in [6.07, 6.45) is 0.517. The fourth-order valence-corrected chi connectivity index (χ4v) is 2.63. The smallest absolute Gasteiger partial charge is 0.379 e. The third-order valence-corrected chi connectivity index (χ3v) is 3.91. The summed E-state index contributed by atoms with van der Waals surface area (Å²) in [6, 6.07) is 0.845. The maximum Gasteiger partial charge on any atom is 0.390 e. The van der Waals surface area contributed by atoms with Crippen molar-refractivity contribution in [1.82, 2.24) is 20.0 Å². The number of nitrogens with zero attached hydrogens (tertiary/aromatic N) is 4. The Morgan fingerprint density at radius 3 is 2.78 bits per heavy atom. The molecule has 0 aromatic carbocycles. The van der Waals surface area contributed by atoms with E-state index < -0.39 is 11.0 Å². The van der Waals surface area contributed by atoms with Gasteiger partial charge < -0.3 is 20.2 Å². The lowest BCUT2D eigenvalue weighted by atomic mass is 10.2. The summed E-state index contributed by atoms with van der Waals surface area (Å²) in [5.41, 5.74) is 0.604. The Balaban J connectivity index is 1.91. The van der Waals surface area contributed by atoms with Crippen LogP contribution < -0.4 is 5.32 Å². The van der Waals surface area contributed by atoms with Crippen LogP contribution in [0.2, 0.25) is 0 Å². The minimum absolute atomic E-state index is 0.165. The van der Waals surface area contributed by atoms with Crippen LogP contribution >= 0.6 is 0 Å². The van der Waals surface area contributed by atoms with Gasteiger partial charge in [-0.25, -0.2) is 0 Å². The van der Waals surface area contributed by atoms with E-state index >= 15 is 0 Å². The second-order valence-corrected chi connectivity index (χ2v) is 5.51. The van der Waals surface area contributed by atoms with Gasteiger partial charge in [0.25, 0.3) is 0 Å². The van der Waals surface area contributed by atoms with Crippen molar-refractivity contribution in [1.29, 1.82) is 0 Å². The lowest BCUT2D eigenvalue weighted by molar-refractivity contribution is -0.389. The van der Waals surface area contributed by atoms with E-state index in [2.05, 4.69) is 15.3 Å². The van der Waals surface area contributed by atoms with Crippen molar-refractivity contribution in [2.24, 2.45) is 0 Å². The third kappa shape index (κ3) is 4.49. The summed E-state index contributed by atoms with van der Waals surface area (Å²) in [7, 11) is 0. The number of hydrogen-bond acceptors (Lipinski definition) is 6. The van der Waals surface area contributed by atoms with Gasteiger partial charge in [-0.05, 0) is 18.3 Å². The highest BCUT2D eigenvalue weighted by molar-refractivity contribution is 5.80. The molecule has 2 rings (SSSR count). The third-order valence-electron chi connectivity index (χ3n) is 3.91. The molecule has 1 aromatic rings. The summed E-state index contributed by atoms with van der Waals surface area (Å²) in [5.74, 6) is -0.399. The van der Waals surface area contributed by atoms with Gasteiger partial charge >= 0.3 is 5.82 Å². The van der Waals surface area contributed by atoms with Gasteiger partial charge in [0.05, 0.1) is 30.1 Å². The number of nitrogens with one attached hydrogen (secondary N) is 1. The molecule has 1 saturated heterocycles. The fourth-order valence-electron chi connectivity index (χ4n) is 2.63. The number of aryl methyl sites for hydroxylation is 1. The first-order chi connectivity index (χ1) is 11.0. The maximum atomic E-state index is 12.4. The molecular weight excluding hydrogens is 302 g/mol. The van der Waals surface area contributed by atoms with Crippen molar-refractivity contribution in [3.05, 3.63) is 21.9 Å². The van der Waals surface area contributed by atoms with Crippen molar-refractivity contribution in [2.45, 2.75) is 26.3 Å². The van der Waals surface area contributed by atoms with Gasteiger partial charge in [-0.2, -0.15) is 4.68 Å². The Hall–Kier alpha value is -2.00. The van der Waals surface area contributed by atoms with E-state index in [0.717, 1.165) is 32.8 Å². The van der Waals surface area contributed by atoms with E-state index in [-0.39, 0.29) is 11.7 Å². The highest BCUT2D eigenvalue weighted by Crippen LogP contribution is 2.18. The predicted octanol–water partition coefficient (Wildman–Crippen LogP) is 0.499. The summed E-state index contributed by atoms with van der Waals surface area (Å²) < 4.78 is 6.71. The van der Waals surface area contributed by atoms with Gasteiger partial charge in [-0.1, -0.05) is 6.92 Å². The van der Waals surface area contributed by atoms with Gasteiger partial charge in [-0.15, -0.1) is 0 Å². The summed E-state index contributed by atoms with van der Waals surface area (Å²) >= 11 is 0. The number of carbonyl (C=O) groups excluding carboxylic acids is 1. The first-order valence-electron chi connectivity index (χ1n) is 7.81. The van der Waals surface area contributed by atoms with Crippen LogP contribution in [-0.2, 0) is 9.53 Å². The molecule has 2 heterocycles.